The van der Waals surface area contributed by atoms with Gasteiger partial charge in [-0.2, -0.15) is 0 Å². The molecule has 0 saturated carbocycles. The molecule has 0 bridgehead atoms. The monoisotopic (exact) mass is 503 g/mol. The Hall–Kier alpha value is -3.14. The second-order valence-electron chi connectivity index (χ2n) is 8.49. The van der Waals surface area contributed by atoms with Crippen LogP contribution in [0.15, 0.2) is 56.9 Å². The Kier molecular flexibility index (Phi) is 7.90. The number of ether oxygens (including phenoxy) is 1. The van der Waals surface area contributed by atoms with Crippen LogP contribution >= 0.6 is 11.8 Å². The molecule has 186 valence electrons. The van der Waals surface area contributed by atoms with Crippen LogP contribution in [-0.4, -0.2) is 59.2 Å². The van der Waals surface area contributed by atoms with Crippen LogP contribution in [0, 0.1) is 0 Å². The molecule has 1 aliphatic heterocycles. The number of fused-ring (bicyclic) bond motifs is 1. The van der Waals surface area contributed by atoms with Crippen LogP contribution in [0.3, 0.4) is 0 Å². The lowest BCUT2D eigenvalue weighted by Gasteiger charge is -2.31. The first kappa shape index (κ1) is 25.0. The van der Waals surface area contributed by atoms with E-state index in [0.717, 1.165) is 16.9 Å². The van der Waals surface area contributed by atoms with E-state index in [-0.39, 0.29) is 23.7 Å². The molecule has 35 heavy (non-hydrogen) atoms. The zero-order chi connectivity index (χ0) is 24.9. The largest absolute Gasteiger partial charge is 0.485 e. The van der Waals surface area contributed by atoms with Crippen LogP contribution in [0.2, 0.25) is 0 Å². The number of nitrogens with zero attached hydrogens (tertiary/aromatic N) is 3. The number of amides is 1. The average molecular weight is 504 g/mol. The molecular weight excluding hydrogens is 476 g/mol. The van der Waals surface area contributed by atoms with Gasteiger partial charge in [0.25, 0.3) is 5.56 Å². The lowest BCUT2D eigenvalue weighted by Crippen LogP contribution is -2.44. The third-order valence-corrected chi connectivity index (χ3v) is 7.04. The highest BCUT2D eigenvalue weighted by atomic mass is 32.2. The maximum atomic E-state index is 13.6. The highest BCUT2D eigenvalue weighted by molar-refractivity contribution is 7.98. The van der Waals surface area contributed by atoms with Gasteiger partial charge in [0.15, 0.2) is 6.10 Å². The van der Waals surface area contributed by atoms with E-state index in [2.05, 4.69) is 0 Å². The summed E-state index contributed by atoms with van der Waals surface area (Å²) in [5.74, 6) is 0.159. The number of halogens is 2. The molecule has 1 fully saturated rings. The molecule has 4 rings (SSSR count). The fourth-order valence-electron chi connectivity index (χ4n) is 4.39. The first-order chi connectivity index (χ1) is 17.0. The maximum Gasteiger partial charge on any atom is 0.332 e. The fraction of sp³-hybridized carbons (Fsp3) is 0.400. The summed E-state index contributed by atoms with van der Waals surface area (Å²) < 4.78 is 34.2. The Balaban J connectivity index is 1.83. The summed E-state index contributed by atoms with van der Waals surface area (Å²) in [7, 11) is 0. The van der Waals surface area contributed by atoms with Gasteiger partial charge in [-0.3, -0.25) is 18.7 Å². The Bertz CT molecular complexity index is 1300. The molecule has 0 spiro atoms. The predicted molar refractivity (Wildman–Crippen MR) is 132 cm³/mol. The van der Waals surface area contributed by atoms with Crippen LogP contribution in [0.1, 0.15) is 24.4 Å². The molecule has 0 aliphatic carbocycles. The predicted octanol–water partition coefficient (Wildman–Crippen LogP) is 3.41. The van der Waals surface area contributed by atoms with E-state index < -0.39 is 30.7 Å². The lowest BCUT2D eigenvalue weighted by molar-refractivity contribution is -0.119. The number of carbonyl (C=O) groups excluding carboxylic acids is 1. The van der Waals surface area contributed by atoms with Crippen molar-refractivity contribution in [2.45, 2.75) is 36.4 Å². The van der Waals surface area contributed by atoms with E-state index >= 15 is 0 Å². The number of benzene rings is 2. The summed E-state index contributed by atoms with van der Waals surface area (Å²) in [6.45, 7) is -0.905. The smallest absolute Gasteiger partial charge is 0.332 e. The van der Waals surface area contributed by atoms with E-state index in [1.807, 2.05) is 30.5 Å². The van der Waals surface area contributed by atoms with Crippen molar-refractivity contribution in [3.05, 3.63) is 68.9 Å². The van der Waals surface area contributed by atoms with E-state index in [9.17, 15) is 23.2 Å². The molecule has 1 aliphatic rings. The molecule has 0 radical (unpaired) electrons. The number of likely N-dealkylation sites (tertiary alicyclic amines) is 1. The van der Waals surface area contributed by atoms with Gasteiger partial charge in [0.05, 0.1) is 17.4 Å². The molecule has 2 heterocycles. The van der Waals surface area contributed by atoms with Crippen LogP contribution in [0.25, 0.3) is 10.9 Å². The standard InChI is InChI=1S/C25H27F2N3O4S/c1-35-21-5-2-17(3-6-21)15-29-24(32)22-12-19(34-20(13-26)14-27)4-7-23(22)30(25(29)33)18-8-10-28(16-31)11-9-18/h2-7,12,16,18,20H,8-11,13-15H2,1H3. The zero-order valence-electron chi connectivity index (χ0n) is 19.4. The minimum atomic E-state index is -1.26. The molecule has 7 nitrogen and oxygen atoms in total. The maximum absolute atomic E-state index is 13.6. The number of hydrogen-bond donors (Lipinski definition) is 0. The lowest BCUT2D eigenvalue weighted by atomic mass is 10.0. The van der Waals surface area contributed by atoms with Gasteiger partial charge in [-0.1, -0.05) is 12.1 Å². The van der Waals surface area contributed by atoms with Crippen LogP contribution in [0.5, 0.6) is 5.75 Å². The number of thioether (sulfide) groups is 1. The van der Waals surface area contributed by atoms with E-state index in [4.69, 9.17) is 4.74 Å². The number of hydrogen-bond acceptors (Lipinski definition) is 5. The highest BCUT2D eigenvalue weighted by Crippen LogP contribution is 2.26. The Morgan fingerprint density at radius 1 is 1.09 bits per heavy atom. The van der Waals surface area contributed by atoms with Gasteiger partial charge in [-0.05, 0) is 55.0 Å². The highest BCUT2D eigenvalue weighted by Gasteiger charge is 2.25. The first-order valence-electron chi connectivity index (χ1n) is 11.4. The molecule has 3 aromatic rings. The molecule has 1 saturated heterocycles. The number of carbonyl (C=O) groups is 1. The second-order valence-corrected chi connectivity index (χ2v) is 9.37. The third kappa shape index (κ3) is 5.27. The normalized spacial score (nSPS) is 14.6. The van der Waals surface area contributed by atoms with Gasteiger partial charge in [0.1, 0.15) is 19.1 Å². The Morgan fingerprint density at radius 3 is 2.37 bits per heavy atom. The SMILES string of the molecule is CSc1ccc(Cn2c(=O)c3cc(OC(CF)CF)ccc3n(C3CCN(C=O)CC3)c2=O)cc1. The topological polar surface area (TPSA) is 73.5 Å². The summed E-state index contributed by atoms with van der Waals surface area (Å²) >= 11 is 1.59. The molecule has 0 unspecified atom stereocenters. The average Bonchev–Trinajstić information content (AvgIpc) is 2.90. The molecule has 10 heteroatoms. The van der Waals surface area contributed by atoms with Crippen molar-refractivity contribution in [2.24, 2.45) is 0 Å². The van der Waals surface area contributed by atoms with Crippen molar-refractivity contribution < 1.29 is 18.3 Å². The van der Waals surface area contributed by atoms with Gasteiger partial charge < -0.3 is 9.64 Å². The molecule has 0 atom stereocenters. The number of aromatic nitrogens is 2. The third-order valence-electron chi connectivity index (χ3n) is 6.30. The van der Waals surface area contributed by atoms with E-state index in [0.29, 0.717) is 31.4 Å². The van der Waals surface area contributed by atoms with Crippen LogP contribution in [-0.2, 0) is 11.3 Å². The van der Waals surface area contributed by atoms with Crippen molar-refractivity contribution >= 4 is 29.1 Å². The number of piperidine rings is 1. The molecule has 1 aromatic heterocycles. The van der Waals surface area contributed by atoms with Gasteiger partial charge in [-0.15, -0.1) is 11.8 Å². The van der Waals surface area contributed by atoms with Crippen molar-refractivity contribution in [2.75, 3.05) is 32.7 Å². The van der Waals surface area contributed by atoms with E-state index in [1.54, 1.807) is 27.3 Å². The summed E-state index contributed by atoms with van der Waals surface area (Å²) in [5, 5.41) is 0.233. The summed E-state index contributed by atoms with van der Waals surface area (Å²) in [6.07, 6.45) is 2.64. The summed E-state index contributed by atoms with van der Waals surface area (Å²) in [5.41, 5.74) is 0.303. The van der Waals surface area contributed by atoms with Gasteiger partial charge >= 0.3 is 5.69 Å². The molecule has 1 amide bonds. The van der Waals surface area contributed by atoms with Crippen LogP contribution < -0.4 is 16.0 Å². The number of rotatable bonds is 9. The summed E-state index contributed by atoms with van der Waals surface area (Å²) in [6, 6.07) is 12.0. The molecule has 0 N–H and O–H groups in total. The Morgan fingerprint density at radius 2 is 1.77 bits per heavy atom. The van der Waals surface area contributed by atoms with E-state index in [1.165, 1.54) is 16.7 Å². The fourth-order valence-corrected chi connectivity index (χ4v) is 4.80. The summed E-state index contributed by atoms with van der Waals surface area (Å²) in [4.78, 5) is 41.0. The molecular formula is C25H27F2N3O4S. The van der Waals surface area contributed by atoms with Crippen molar-refractivity contribution in [3.8, 4) is 5.75 Å². The van der Waals surface area contributed by atoms with Crippen molar-refractivity contribution in [3.63, 3.8) is 0 Å². The first-order valence-corrected chi connectivity index (χ1v) is 12.6. The van der Waals surface area contributed by atoms with Gasteiger partial charge in [-0.25, -0.2) is 13.6 Å². The van der Waals surface area contributed by atoms with Gasteiger partial charge in [0, 0.05) is 24.0 Å². The van der Waals surface area contributed by atoms with Gasteiger partial charge in [0.2, 0.25) is 6.41 Å². The Labute approximate surface area is 205 Å². The number of alkyl halides is 2. The zero-order valence-corrected chi connectivity index (χ0v) is 20.2. The molecule has 2 aromatic carbocycles. The van der Waals surface area contributed by atoms with Crippen LogP contribution in [0.4, 0.5) is 8.78 Å². The van der Waals surface area contributed by atoms with Crippen molar-refractivity contribution in [1.82, 2.24) is 14.0 Å². The minimum absolute atomic E-state index is 0.0815. The quantitative estimate of drug-likeness (QED) is 0.331. The van der Waals surface area contributed by atoms with Crippen molar-refractivity contribution in [1.29, 1.82) is 0 Å². The second kappa shape index (κ2) is 11.1. The minimum Gasteiger partial charge on any atom is -0.485 e.